The average Bonchev–Trinajstić information content (AvgIpc) is 2.46. The topological polar surface area (TPSA) is 24.9 Å². The van der Waals surface area contributed by atoms with E-state index in [0.717, 1.165) is 24.4 Å². The molecule has 0 bridgehead atoms. The van der Waals surface area contributed by atoms with Gasteiger partial charge in [0.25, 0.3) is 0 Å². The predicted molar refractivity (Wildman–Crippen MR) is 74.2 cm³/mol. The van der Waals surface area contributed by atoms with Crippen LogP contribution in [-0.2, 0) is 6.54 Å². The second-order valence-corrected chi connectivity index (χ2v) is 6.06. The zero-order chi connectivity index (χ0) is 12.2. The summed E-state index contributed by atoms with van der Waals surface area (Å²) in [7, 11) is 0. The molecule has 3 rings (SSSR count). The molecule has 1 heterocycles. The van der Waals surface area contributed by atoms with Crippen molar-refractivity contribution < 1.29 is 0 Å². The van der Waals surface area contributed by atoms with Gasteiger partial charge in [0.05, 0.1) is 0 Å². The predicted octanol–water partition coefficient (Wildman–Crippen LogP) is 3.53. The lowest BCUT2D eigenvalue weighted by atomic mass is 9.69. The Morgan fingerprint density at radius 3 is 2.83 bits per heavy atom. The Morgan fingerprint density at radius 1 is 1.11 bits per heavy atom. The average molecular weight is 244 g/mol. The first-order valence-corrected chi connectivity index (χ1v) is 7.54. The van der Waals surface area contributed by atoms with Crippen molar-refractivity contribution in [2.75, 3.05) is 0 Å². The molecule has 2 fully saturated rings. The fourth-order valence-corrected chi connectivity index (χ4v) is 3.82. The molecule has 0 aliphatic heterocycles. The van der Waals surface area contributed by atoms with Gasteiger partial charge >= 0.3 is 0 Å². The number of fused-ring (bicyclic) bond motifs is 1. The van der Waals surface area contributed by atoms with Crippen LogP contribution in [0, 0.1) is 11.8 Å². The standard InChI is InChI=1S/C16H24N2/c1-2-6-15-10-16(8-7-14(15)5-1)18-12-13-4-3-9-17-11-13/h3-4,9,11,14-16,18H,1-2,5-8,10,12H2. The van der Waals surface area contributed by atoms with Crippen molar-refractivity contribution in [2.45, 2.75) is 57.5 Å². The molecule has 1 aromatic heterocycles. The molecule has 2 nitrogen and oxygen atoms in total. The second kappa shape index (κ2) is 5.83. The number of hydrogen-bond acceptors (Lipinski definition) is 2. The molecule has 2 saturated carbocycles. The SMILES string of the molecule is c1cncc(CNC2CCC3CCCCC3C2)c1. The number of nitrogens with one attached hydrogen (secondary N) is 1. The minimum Gasteiger partial charge on any atom is -0.310 e. The Hall–Kier alpha value is -0.890. The summed E-state index contributed by atoms with van der Waals surface area (Å²) in [6.07, 6.45) is 14.0. The van der Waals surface area contributed by atoms with E-state index in [4.69, 9.17) is 0 Å². The van der Waals surface area contributed by atoms with E-state index in [1.54, 1.807) is 0 Å². The zero-order valence-electron chi connectivity index (χ0n) is 11.1. The first kappa shape index (κ1) is 12.2. The van der Waals surface area contributed by atoms with Crippen LogP contribution in [0.5, 0.6) is 0 Å². The normalized spacial score (nSPS) is 31.9. The lowest BCUT2D eigenvalue weighted by Crippen LogP contribution is -2.38. The molecular formula is C16H24N2. The van der Waals surface area contributed by atoms with E-state index in [-0.39, 0.29) is 0 Å². The van der Waals surface area contributed by atoms with Crippen LogP contribution in [-0.4, -0.2) is 11.0 Å². The first-order valence-electron chi connectivity index (χ1n) is 7.54. The van der Waals surface area contributed by atoms with Gasteiger partial charge in [-0.1, -0.05) is 31.7 Å². The van der Waals surface area contributed by atoms with E-state index in [1.165, 1.54) is 50.5 Å². The summed E-state index contributed by atoms with van der Waals surface area (Å²) in [6.45, 7) is 0.982. The van der Waals surface area contributed by atoms with Crippen molar-refractivity contribution in [1.29, 1.82) is 0 Å². The fourth-order valence-electron chi connectivity index (χ4n) is 3.82. The number of aromatic nitrogens is 1. The highest BCUT2D eigenvalue weighted by Crippen LogP contribution is 2.40. The van der Waals surface area contributed by atoms with E-state index in [2.05, 4.69) is 16.4 Å². The third-order valence-corrected chi connectivity index (χ3v) is 4.86. The maximum absolute atomic E-state index is 4.17. The molecule has 2 heteroatoms. The van der Waals surface area contributed by atoms with Crippen LogP contribution < -0.4 is 5.32 Å². The quantitative estimate of drug-likeness (QED) is 0.880. The van der Waals surface area contributed by atoms with Crippen molar-refractivity contribution in [1.82, 2.24) is 10.3 Å². The Kier molecular flexibility index (Phi) is 3.94. The molecule has 0 spiro atoms. The van der Waals surface area contributed by atoms with Crippen molar-refractivity contribution >= 4 is 0 Å². The number of hydrogen-bond donors (Lipinski definition) is 1. The van der Waals surface area contributed by atoms with Crippen LogP contribution in [0.15, 0.2) is 24.5 Å². The molecule has 1 N–H and O–H groups in total. The van der Waals surface area contributed by atoms with Crippen LogP contribution in [0.1, 0.15) is 50.5 Å². The van der Waals surface area contributed by atoms with Gasteiger partial charge in [-0.3, -0.25) is 4.98 Å². The Labute approximate surface area is 110 Å². The fraction of sp³-hybridized carbons (Fsp3) is 0.688. The number of rotatable bonds is 3. The van der Waals surface area contributed by atoms with Gasteiger partial charge in [0.1, 0.15) is 0 Å². The lowest BCUT2D eigenvalue weighted by molar-refractivity contribution is 0.143. The monoisotopic (exact) mass is 244 g/mol. The smallest absolute Gasteiger partial charge is 0.0312 e. The highest BCUT2D eigenvalue weighted by molar-refractivity contribution is 5.08. The maximum Gasteiger partial charge on any atom is 0.0312 e. The molecule has 0 aromatic carbocycles. The first-order chi connectivity index (χ1) is 8.92. The van der Waals surface area contributed by atoms with Crippen molar-refractivity contribution in [2.24, 2.45) is 11.8 Å². The minimum absolute atomic E-state index is 0.740. The molecule has 1 aromatic rings. The van der Waals surface area contributed by atoms with Gasteiger partial charge in [-0.05, 0) is 42.7 Å². The Morgan fingerprint density at radius 2 is 2.00 bits per heavy atom. The molecule has 18 heavy (non-hydrogen) atoms. The maximum atomic E-state index is 4.17. The summed E-state index contributed by atoms with van der Waals surface area (Å²) in [5, 5.41) is 3.73. The largest absolute Gasteiger partial charge is 0.310 e. The molecular weight excluding hydrogens is 220 g/mol. The second-order valence-electron chi connectivity index (χ2n) is 6.06. The highest BCUT2D eigenvalue weighted by atomic mass is 14.9. The van der Waals surface area contributed by atoms with Crippen LogP contribution in [0.4, 0.5) is 0 Å². The van der Waals surface area contributed by atoms with Crippen molar-refractivity contribution in [3.05, 3.63) is 30.1 Å². The molecule has 3 atom stereocenters. The molecule has 0 amide bonds. The van der Waals surface area contributed by atoms with Gasteiger partial charge in [-0.2, -0.15) is 0 Å². The van der Waals surface area contributed by atoms with Gasteiger partial charge in [-0.15, -0.1) is 0 Å². The molecule has 3 unspecified atom stereocenters. The Balaban J connectivity index is 1.49. The summed E-state index contributed by atoms with van der Waals surface area (Å²) in [6, 6.07) is 4.92. The van der Waals surface area contributed by atoms with Crippen LogP contribution in [0.3, 0.4) is 0 Å². The van der Waals surface area contributed by atoms with Gasteiger partial charge in [0.2, 0.25) is 0 Å². The van der Waals surface area contributed by atoms with E-state index < -0.39 is 0 Å². The minimum atomic E-state index is 0.740. The summed E-state index contributed by atoms with van der Waals surface area (Å²) in [5.74, 6) is 2.06. The zero-order valence-corrected chi connectivity index (χ0v) is 11.1. The summed E-state index contributed by atoms with van der Waals surface area (Å²) < 4.78 is 0. The molecule has 0 saturated heterocycles. The van der Waals surface area contributed by atoms with Gasteiger partial charge in [-0.25, -0.2) is 0 Å². The van der Waals surface area contributed by atoms with Crippen LogP contribution >= 0.6 is 0 Å². The number of nitrogens with zero attached hydrogens (tertiary/aromatic N) is 1. The van der Waals surface area contributed by atoms with Crippen LogP contribution in [0.2, 0.25) is 0 Å². The van der Waals surface area contributed by atoms with E-state index >= 15 is 0 Å². The van der Waals surface area contributed by atoms with Crippen molar-refractivity contribution in [3.63, 3.8) is 0 Å². The van der Waals surface area contributed by atoms with E-state index in [0.29, 0.717) is 0 Å². The van der Waals surface area contributed by atoms with E-state index in [9.17, 15) is 0 Å². The summed E-state index contributed by atoms with van der Waals surface area (Å²) >= 11 is 0. The van der Waals surface area contributed by atoms with E-state index in [1.807, 2.05) is 18.5 Å². The third-order valence-electron chi connectivity index (χ3n) is 4.86. The summed E-state index contributed by atoms with van der Waals surface area (Å²) in [4.78, 5) is 4.17. The molecule has 2 aliphatic rings. The molecule has 2 aliphatic carbocycles. The van der Waals surface area contributed by atoms with Gasteiger partial charge in [0, 0.05) is 25.0 Å². The number of pyridine rings is 1. The third kappa shape index (κ3) is 2.92. The molecule has 0 radical (unpaired) electrons. The highest BCUT2D eigenvalue weighted by Gasteiger charge is 2.31. The lowest BCUT2D eigenvalue weighted by Gasteiger charge is -2.39. The van der Waals surface area contributed by atoms with Crippen molar-refractivity contribution in [3.8, 4) is 0 Å². The Bertz CT molecular complexity index is 363. The summed E-state index contributed by atoms with van der Waals surface area (Å²) in [5.41, 5.74) is 1.31. The van der Waals surface area contributed by atoms with Gasteiger partial charge < -0.3 is 5.32 Å². The van der Waals surface area contributed by atoms with Gasteiger partial charge in [0.15, 0.2) is 0 Å². The molecule has 98 valence electrons. The van der Waals surface area contributed by atoms with Crippen LogP contribution in [0.25, 0.3) is 0 Å².